The van der Waals surface area contributed by atoms with E-state index in [2.05, 4.69) is 11.2 Å². The molecule has 0 aliphatic heterocycles. The van der Waals surface area contributed by atoms with Crippen molar-refractivity contribution in [3.05, 3.63) is 82.9 Å². The highest BCUT2D eigenvalue weighted by Gasteiger charge is 2.28. The lowest BCUT2D eigenvalue weighted by molar-refractivity contribution is 0.0688. The van der Waals surface area contributed by atoms with E-state index in [9.17, 15) is 14.3 Å². The van der Waals surface area contributed by atoms with Crippen LogP contribution in [0.4, 0.5) is 4.39 Å². The molecule has 0 bridgehead atoms. The van der Waals surface area contributed by atoms with Gasteiger partial charge in [0.15, 0.2) is 5.69 Å². The summed E-state index contributed by atoms with van der Waals surface area (Å²) in [4.78, 5) is 11.7. The van der Waals surface area contributed by atoms with E-state index in [0.29, 0.717) is 12.1 Å². The van der Waals surface area contributed by atoms with Gasteiger partial charge in [0.05, 0.1) is 11.4 Å². The molecule has 4 rings (SSSR count). The summed E-state index contributed by atoms with van der Waals surface area (Å²) in [6.45, 7) is 0. The van der Waals surface area contributed by atoms with Crippen LogP contribution in [0.1, 0.15) is 40.2 Å². The predicted octanol–water partition coefficient (Wildman–Crippen LogP) is 4.59. The first-order valence-electron chi connectivity index (χ1n) is 8.50. The van der Waals surface area contributed by atoms with Gasteiger partial charge in [-0.15, -0.1) is 0 Å². The number of aromatic carboxylic acids is 1. The molecule has 1 aliphatic rings. The van der Waals surface area contributed by atoms with Gasteiger partial charge in [0.1, 0.15) is 5.82 Å². The Bertz CT molecular complexity index is 989. The molecule has 0 unspecified atom stereocenters. The summed E-state index contributed by atoms with van der Waals surface area (Å²) in [6, 6.07) is 15.9. The van der Waals surface area contributed by atoms with Gasteiger partial charge in [-0.1, -0.05) is 30.3 Å². The van der Waals surface area contributed by atoms with Crippen LogP contribution in [0.3, 0.4) is 0 Å². The molecule has 0 saturated heterocycles. The van der Waals surface area contributed by atoms with Crippen LogP contribution in [0.15, 0.2) is 54.6 Å². The first kappa shape index (κ1) is 16.3. The van der Waals surface area contributed by atoms with Crippen molar-refractivity contribution in [3.63, 3.8) is 0 Å². The average molecular weight is 348 g/mol. The molecule has 0 spiro atoms. The zero-order valence-electron chi connectivity index (χ0n) is 14.0. The van der Waals surface area contributed by atoms with E-state index in [1.165, 1.54) is 12.1 Å². The van der Waals surface area contributed by atoms with Gasteiger partial charge in [-0.2, -0.15) is 5.10 Å². The molecule has 2 aromatic carbocycles. The number of aromatic nitrogens is 2. The number of carboxylic acid groups (broad SMARTS) is 1. The van der Waals surface area contributed by atoms with Gasteiger partial charge in [-0.25, -0.2) is 13.9 Å². The predicted molar refractivity (Wildman–Crippen MR) is 97.7 cm³/mol. The third kappa shape index (κ3) is 2.92. The van der Waals surface area contributed by atoms with E-state index in [1.54, 1.807) is 16.8 Å². The second-order valence-corrected chi connectivity index (χ2v) is 6.30. The van der Waals surface area contributed by atoms with Crippen molar-refractivity contribution in [1.82, 2.24) is 9.78 Å². The van der Waals surface area contributed by atoms with Crippen LogP contribution in [0.2, 0.25) is 0 Å². The van der Waals surface area contributed by atoms with Crippen molar-refractivity contribution >= 4 is 17.6 Å². The van der Waals surface area contributed by atoms with Crippen LogP contribution in [0, 0.1) is 5.82 Å². The van der Waals surface area contributed by atoms with Crippen molar-refractivity contribution in [3.8, 4) is 5.69 Å². The Hall–Kier alpha value is -3.21. The fourth-order valence-corrected chi connectivity index (χ4v) is 3.42. The maximum atomic E-state index is 13.3. The molecule has 0 fully saturated rings. The summed E-state index contributed by atoms with van der Waals surface area (Å²) < 4.78 is 14.9. The second kappa shape index (κ2) is 6.59. The molecular weight excluding hydrogens is 331 g/mol. The molecule has 1 aliphatic carbocycles. The lowest BCUT2D eigenvalue weighted by Crippen LogP contribution is -2.08. The molecule has 1 heterocycles. The number of carbonyl (C=O) groups is 1. The Balaban J connectivity index is 1.92. The first-order chi connectivity index (χ1) is 12.6. The number of hydrogen-bond donors (Lipinski definition) is 1. The average Bonchev–Trinajstić information content (AvgIpc) is 3.04. The Kier molecular flexibility index (Phi) is 4.13. The summed E-state index contributed by atoms with van der Waals surface area (Å²) >= 11 is 0. The van der Waals surface area contributed by atoms with E-state index >= 15 is 0 Å². The van der Waals surface area contributed by atoms with Crippen molar-refractivity contribution in [2.75, 3.05) is 0 Å². The number of nitrogens with zero attached hydrogens (tertiary/aromatic N) is 2. The maximum absolute atomic E-state index is 13.3. The van der Waals surface area contributed by atoms with Gasteiger partial charge in [0.25, 0.3) is 0 Å². The molecule has 0 atom stereocenters. The Morgan fingerprint density at radius 3 is 2.50 bits per heavy atom. The van der Waals surface area contributed by atoms with Crippen molar-refractivity contribution in [2.24, 2.45) is 0 Å². The summed E-state index contributed by atoms with van der Waals surface area (Å²) in [5.74, 6) is -1.38. The molecule has 26 heavy (non-hydrogen) atoms. The highest BCUT2D eigenvalue weighted by molar-refractivity contribution is 5.92. The van der Waals surface area contributed by atoms with Crippen molar-refractivity contribution in [1.29, 1.82) is 0 Å². The number of benzene rings is 2. The Morgan fingerprint density at radius 1 is 1.08 bits per heavy atom. The van der Waals surface area contributed by atoms with E-state index in [4.69, 9.17) is 0 Å². The number of halogens is 1. The summed E-state index contributed by atoms with van der Waals surface area (Å²) in [5.41, 5.74) is 4.37. The normalized spacial score (nSPS) is 15.0. The zero-order valence-corrected chi connectivity index (χ0v) is 14.0. The molecule has 0 saturated carbocycles. The fraction of sp³-hybridized carbons (Fsp3) is 0.143. The highest BCUT2D eigenvalue weighted by Crippen LogP contribution is 2.35. The minimum absolute atomic E-state index is 0.0722. The molecule has 5 heteroatoms. The molecular formula is C21H17FN2O2. The van der Waals surface area contributed by atoms with Crippen LogP contribution in [0.25, 0.3) is 17.3 Å². The molecule has 4 nitrogen and oxygen atoms in total. The molecule has 130 valence electrons. The molecule has 1 N–H and O–H groups in total. The van der Waals surface area contributed by atoms with Crippen molar-refractivity contribution in [2.45, 2.75) is 19.3 Å². The van der Waals surface area contributed by atoms with E-state index in [0.717, 1.165) is 35.2 Å². The lowest BCUT2D eigenvalue weighted by atomic mass is 9.90. The van der Waals surface area contributed by atoms with Crippen LogP contribution in [0.5, 0.6) is 0 Å². The van der Waals surface area contributed by atoms with Crippen LogP contribution in [-0.2, 0) is 6.42 Å². The van der Waals surface area contributed by atoms with Gasteiger partial charge in [-0.05, 0) is 60.7 Å². The van der Waals surface area contributed by atoms with E-state index in [1.807, 2.05) is 30.3 Å². The minimum Gasteiger partial charge on any atom is -0.476 e. The van der Waals surface area contributed by atoms with Gasteiger partial charge in [0, 0.05) is 5.56 Å². The van der Waals surface area contributed by atoms with Crippen LogP contribution >= 0.6 is 0 Å². The molecule has 1 aromatic heterocycles. The number of allylic oxidation sites excluding steroid dienone is 1. The largest absolute Gasteiger partial charge is 0.476 e. The lowest BCUT2D eigenvalue weighted by Gasteiger charge is -2.18. The quantitative estimate of drug-likeness (QED) is 0.753. The first-order valence-corrected chi connectivity index (χ1v) is 8.50. The third-order valence-electron chi connectivity index (χ3n) is 4.57. The van der Waals surface area contributed by atoms with Crippen molar-refractivity contribution < 1.29 is 14.3 Å². The smallest absolute Gasteiger partial charge is 0.356 e. The molecule has 3 aromatic rings. The van der Waals surface area contributed by atoms with Crippen LogP contribution in [-0.4, -0.2) is 20.9 Å². The molecule has 0 radical (unpaired) electrons. The van der Waals surface area contributed by atoms with E-state index < -0.39 is 5.97 Å². The highest BCUT2D eigenvalue weighted by atomic mass is 19.1. The third-order valence-corrected chi connectivity index (χ3v) is 4.57. The summed E-state index contributed by atoms with van der Waals surface area (Å²) in [7, 11) is 0. The number of fused-ring (bicyclic) bond motifs is 1. The number of carboxylic acids is 1. The number of hydrogen-bond acceptors (Lipinski definition) is 2. The number of rotatable bonds is 3. The van der Waals surface area contributed by atoms with Crippen LogP contribution < -0.4 is 0 Å². The van der Waals surface area contributed by atoms with Gasteiger partial charge in [0.2, 0.25) is 0 Å². The van der Waals surface area contributed by atoms with E-state index in [-0.39, 0.29) is 11.5 Å². The zero-order chi connectivity index (χ0) is 18.1. The minimum atomic E-state index is -1.04. The Labute approximate surface area is 150 Å². The SMILES string of the molecule is O=C(O)c1nn(-c2ccc(F)cc2)c2c1CCCC2=Cc1ccccc1. The van der Waals surface area contributed by atoms with Gasteiger partial charge >= 0.3 is 5.97 Å². The monoisotopic (exact) mass is 348 g/mol. The van der Waals surface area contributed by atoms with Gasteiger partial charge < -0.3 is 5.11 Å². The molecule has 0 amide bonds. The fourth-order valence-electron chi connectivity index (χ4n) is 3.42. The summed E-state index contributed by atoms with van der Waals surface area (Å²) in [5, 5.41) is 13.9. The summed E-state index contributed by atoms with van der Waals surface area (Å²) in [6.07, 6.45) is 4.46. The standard InChI is InChI=1S/C21H17FN2O2/c22-16-9-11-17(12-10-16)24-20-15(13-14-5-2-1-3-6-14)7-4-8-18(20)19(23-24)21(25)26/h1-3,5-6,9-13H,4,7-8H2,(H,25,26). The topological polar surface area (TPSA) is 55.1 Å². The van der Waals surface area contributed by atoms with Gasteiger partial charge in [-0.3, -0.25) is 0 Å². The Morgan fingerprint density at radius 2 is 1.81 bits per heavy atom. The maximum Gasteiger partial charge on any atom is 0.356 e. The second-order valence-electron chi connectivity index (χ2n) is 6.30.